The van der Waals surface area contributed by atoms with Crippen molar-refractivity contribution in [3.05, 3.63) is 71.4 Å². The third-order valence-electron chi connectivity index (χ3n) is 5.95. The summed E-state index contributed by atoms with van der Waals surface area (Å²) in [5.74, 6) is -0.823. The molecule has 0 spiro atoms. The van der Waals surface area contributed by atoms with Gasteiger partial charge < -0.3 is 24.0 Å². The molecular weight excluding hydrogens is 420 g/mol. The van der Waals surface area contributed by atoms with Crippen molar-refractivity contribution in [2.75, 3.05) is 26.9 Å². The Labute approximate surface area is 192 Å². The molecule has 1 unspecified atom stereocenters. The minimum atomic E-state index is -0.695. The number of nitrogens with zero attached hydrogens (tertiary/aromatic N) is 2. The van der Waals surface area contributed by atoms with Crippen LogP contribution in [0, 0.1) is 0 Å². The number of Topliss-reactive ketones (excluding diaryl/α,β-unsaturated/α-hetero) is 1. The van der Waals surface area contributed by atoms with Crippen LogP contribution in [0.15, 0.2) is 60.3 Å². The van der Waals surface area contributed by atoms with Crippen LogP contribution in [-0.4, -0.2) is 53.1 Å². The second kappa shape index (κ2) is 9.50. The molecule has 4 rings (SSSR count). The van der Waals surface area contributed by atoms with Gasteiger partial charge in [0.2, 0.25) is 0 Å². The molecule has 2 aromatic carbocycles. The van der Waals surface area contributed by atoms with Gasteiger partial charge in [0.1, 0.15) is 11.5 Å². The van der Waals surface area contributed by atoms with Gasteiger partial charge in [0.05, 0.1) is 18.2 Å². The third kappa shape index (κ3) is 4.12. The summed E-state index contributed by atoms with van der Waals surface area (Å²) in [6.07, 6.45) is 2.50. The van der Waals surface area contributed by atoms with Crippen molar-refractivity contribution in [2.45, 2.75) is 19.4 Å². The van der Waals surface area contributed by atoms with Crippen LogP contribution in [0.4, 0.5) is 0 Å². The molecule has 7 heteroatoms. The number of aliphatic hydroxyl groups is 1. The highest BCUT2D eigenvalue weighted by atomic mass is 16.5. The van der Waals surface area contributed by atoms with Crippen LogP contribution in [0.5, 0.6) is 5.75 Å². The van der Waals surface area contributed by atoms with E-state index in [0.717, 1.165) is 16.5 Å². The smallest absolute Gasteiger partial charge is 0.295 e. The van der Waals surface area contributed by atoms with Gasteiger partial charge in [0.25, 0.3) is 11.7 Å². The Morgan fingerprint density at radius 3 is 2.52 bits per heavy atom. The average Bonchev–Trinajstić information content (AvgIpc) is 3.28. The molecule has 0 aliphatic carbocycles. The maximum atomic E-state index is 13.2. The van der Waals surface area contributed by atoms with Gasteiger partial charge in [-0.2, -0.15) is 0 Å². The van der Waals surface area contributed by atoms with Crippen LogP contribution in [0.2, 0.25) is 0 Å². The molecule has 1 aliphatic heterocycles. The number of hydrogen-bond donors (Lipinski definition) is 1. The highest BCUT2D eigenvalue weighted by Gasteiger charge is 2.46. The lowest BCUT2D eigenvalue weighted by atomic mass is 9.95. The van der Waals surface area contributed by atoms with E-state index in [1.54, 1.807) is 36.3 Å². The summed E-state index contributed by atoms with van der Waals surface area (Å²) in [5, 5.41) is 12.2. The van der Waals surface area contributed by atoms with E-state index in [9.17, 15) is 14.7 Å². The first kappa shape index (κ1) is 22.6. The molecule has 1 fully saturated rings. The lowest BCUT2D eigenvalue weighted by molar-refractivity contribution is -0.140. The Morgan fingerprint density at radius 2 is 1.82 bits per heavy atom. The van der Waals surface area contributed by atoms with Crippen LogP contribution in [-0.2, 0) is 21.4 Å². The predicted octanol–water partition coefficient (Wildman–Crippen LogP) is 4.04. The van der Waals surface area contributed by atoms with Gasteiger partial charge >= 0.3 is 0 Å². The van der Waals surface area contributed by atoms with Crippen molar-refractivity contribution in [3.8, 4) is 5.75 Å². The third-order valence-corrected chi connectivity index (χ3v) is 5.95. The fraction of sp³-hybridized carbons (Fsp3) is 0.308. The number of aliphatic hydroxyl groups excluding tert-OH is 1. The summed E-state index contributed by atoms with van der Waals surface area (Å²) >= 11 is 0. The van der Waals surface area contributed by atoms with Crippen molar-refractivity contribution in [2.24, 2.45) is 7.05 Å². The van der Waals surface area contributed by atoms with Gasteiger partial charge in [0, 0.05) is 55.5 Å². The number of aromatic nitrogens is 1. The van der Waals surface area contributed by atoms with Gasteiger partial charge in [-0.3, -0.25) is 9.59 Å². The quantitative estimate of drug-likeness (QED) is 0.244. The van der Waals surface area contributed by atoms with E-state index in [2.05, 4.69) is 0 Å². The van der Waals surface area contributed by atoms with Crippen LogP contribution in [0.25, 0.3) is 16.7 Å². The Balaban J connectivity index is 1.86. The first-order chi connectivity index (χ1) is 16.0. The molecule has 3 aromatic rings. The number of benzene rings is 2. The van der Waals surface area contributed by atoms with E-state index in [-0.39, 0.29) is 11.3 Å². The summed E-state index contributed by atoms with van der Waals surface area (Å²) in [4.78, 5) is 27.8. The fourth-order valence-electron chi connectivity index (χ4n) is 4.44. The number of methoxy groups -OCH3 is 1. The van der Waals surface area contributed by atoms with Crippen LogP contribution in [0.3, 0.4) is 0 Å². The standard InChI is InChI=1S/C26H28N2O5/c1-4-33-18-12-10-17(11-13-18)24(29)22-23(28(14-7-15-32-3)26(31)25(22)30)20-16-27(2)21-9-6-5-8-19(20)21/h5-6,8-13,16,23,29H,4,7,14-15H2,1-3H3/b24-22+. The minimum absolute atomic E-state index is 0.0953. The maximum Gasteiger partial charge on any atom is 0.295 e. The molecule has 1 saturated heterocycles. The molecular formula is C26H28N2O5. The minimum Gasteiger partial charge on any atom is -0.507 e. The highest BCUT2D eigenvalue weighted by Crippen LogP contribution is 2.42. The monoisotopic (exact) mass is 448 g/mol. The van der Waals surface area contributed by atoms with Gasteiger partial charge in [-0.05, 0) is 43.7 Å². The van der Waals surface area contributed by atoms with E-state index < -0.39 is 17.7 Å². The molecule has 1 amide bonds. The summed E-state index contributed by atoms with van der Waals surface area (Å²) < 4.78 is 12.6. The fourth-order valence-corrected chi connectivity index (χ4v) is 4.44. The number of carbonyl (C=O) groups is 2. The first-order valence-electron chi connectivity index (χ1n) is 11.0. The second-order valence-corrected chi connectivity index (χ2v) is 8.01. The first-order valence-corrected chi connectivity index (χ1v) is 11.0. The summed E-state index contributed by atoms with van der Waals surface area (Å²) in [6.45, 7) is 3.22. The molecule has 7 nitrogen and oxygen atoms in total. The molecule has 0 radical (unpaired) electrons. The van der Waals surface area contributed by atoms with E-state index >= 15 is 0 Å². The number of ketones is 1. The number of amides is 1. The molecule has 0 bridgehead atoms. The SMILES string of the molecule is CCOc1ccc(/C(O)=C2\C(=O)C(=O)N(CCCOC)C2c2cn(C)c3ccccc23)cc1. The molecule has 172 valence electrons. The summed E-state index contributed by atoms with van der Waals surface area (Å²) in [6, 6.07) is 14.0. The lowest BCUT2D eigenvalue weighted by Gasteiger charge is -2.24. The summed E-state index contributed by atoms with van der Waals surface area (Å²) in [7, 11) is 3.53. The topological polar surface area (TPSA) is 81.0 Å². The van der Waals surface area contributed by atoms with Gasteiger partial charge in [-0.1, -0.05) is 18.2 Å². The number of ether oxygens (including phenoxy) is 2. The van der Waals surface area contributed by atoms with Crippen molar-refractivity contribution in [1.82, 2.24) is 9.47 Å². The zero-order chi connectivity index (χ0) is 23.5. The Bertz CT molecular complexity index is 1210. The molecule has 0 saturated carbocycles. The van der Waals surface area contributed by atoms with Gasteiger partial charge in [-0.15, -0.1) is 0 Å². The largest absolute Gasteiger partial charge is 0.507 e. The number of rotatable bonds is 8. The summed E-state index contributed by atoms with van der Waals surface area (Å²) in [5.41, 5.74) is 2.34. The molecule has 1 atom stereocenters. The molecule has 1 aromatic heterocycles. The van der Waals surface area contributed by atoms with E-state index in [4.69, 9.17) is 9.47 Å². The number of carbonyl (C=O) groups excluding carboxylic acids is 2. The average molecular weight is 449 g/mol. The Morgan fingerprint density at radius 1 is 1.09 bits per heavy atom. The highest BCUT2D eigenvalue weighted by molar-refractivity contribution is 6.46. The maximum absolute atomic E-state index is 13.2. The van der Waals surface area contributed by atoms with E-state index in [1.165, 1.54) is 0 Å². The Kier molecular flexibility index (Phi) is 6.51. The zero-order valence-electron chi connectivity index (χ0n) is 19.1. The zero-order valence-corrected chi connectivity index (χ0v) is 19.1. The number of likely N-dealkylation sites (tertiary alicyclic amines) is 1. The normalized spacial score (nSPS) is 17.8. The molecule has 1 N–H and O–H groups in total. The van der Waals surface area contributed by atoms with Crippen molar-refractivity contribution in [3.63, 3.8) is 0 Å². The lowest BCUT2D eigenvalue weighted by Crippen LogP contribution is -2.31. The van der Waals surface area contributed by atoms with Crippen molar-refractivity contribution >= 4 is 28.4 Å². The van der Waals surface area contributed by atoms with E-state index in [1.807, 2.05) is 49.0 Å². The number of hydrogen-bond acceptors (Lipinski definition) is 5. The van der Waals surface area contributed by atoms with E-state index in [0.29, 0.717) is 37.5 Å². The number of aryl methyl sites for hydroxylation is 1. The molecule has 1 aliphatic rings. The molecule has 33 heavy (non-hydrogen) atoms. The van der Waals surface area contributed by atoms with Gasteiger partial charge in [0.15, 0.2) is 0 Å². The second-order valence-electron chi connectivity index (χ2n) is 8.01. The van der Waals surface area contributed by atoms with Crippen LogP contribution < -0.4 is 4.74 Å². The van der Waals surface area contributed by atoms with Crippen LogP contribution in [0.1, 0.15) is 30.5 Å². The van der Waals surface area contributed by atoms with Gasteiger partial charge in [-0.25, -0.2) is 0 Å². The Hall–Kier alpha value is -3.58. The number of para-hydroxylation sites is 1. The molecule has 2 heterocycles. The van der Waals surface area contributed by atoms with Crippen LogP contribution >= 0.6 is 0 Å². The van der Waals surface area contributed by atoms with Crippen molar-refractivity contribution < 1.29 is 24.2 Å². The predicted molar refractivity (Wildman–Crippen MR) is 126 cm³/mol. The number of fused-ring (bicyclic) bond motifs is 1. The van der Waals surface area contributed by atoms with Crippen molar-refractivity contribution in [1.29, 1.82) is 0 Å².